The summed E-state index contributed by atoms with van der Waals surface area (Å²) in [7, 11) is 1.87. The van der Waals surface area contributed by atoms with Crippen molar-refractivity contribution in [2.45, 2.75) is 13.5 Å². The second-order valence-corrected chi connectivity index (χ2v) is 3.75. The molecule has 0 aliphatic heterocycles. The van der Waals surface area contributed by atoms with E-state index in [2.05, 4.69) is 15.3 Å². The number of nitrogens with zero attached hydrogens (tertiary/aromatic N) is 1. The van der Waals surface area contributed by atoms with E-state index < -0.39 is 0 Å². The molecule has 84 valence electrons. The average molecular weight is 219 g/mol. The topological polar surface area (TPSA) is 40.7 Å². The summed E-state index contributed by atoms with van der Waals surface area (Å²) in [6, 6.07) is 5.11. The molecule has 0 radical (unpaired) electrons. The van der Waals surface area contributed by atoms with E-state index in [1.165, 1.54) is 6.07 Å². The van der Waals surface area contributed by atoms with E-state index in [1.807, 2.05) is 13.1 Å². The second kappa shape index (κ2) is 4.45. The maximum absolute atomic E-state index is 13.4. The largest absolute Gasteiger partial charge is 0.341 e. The molecule has 0 spiro atoms. The van der Waals surface area contributed by atoms with Crippen LogP contribution in [0.4, 0.5) is 4.39 Å². The standard InChI is InChI=1S/C12H14FN3/c1-8-3-4-9(5-11(8)13)12-15-7-10(16-12)6-14-2/h3-5,7,14H,6H2,1-2H3,(H,15,16). The molecule has 1 aromatic carbocycles. The van der Waals surface area contributed by atoms with Crippen molar-refractivity contribution in [1.29, 1.82) is 0 Å². The molecule has 0 aliphatic carbocycles. The molecule has 0 atom stereocenters. The molecule has 3 nitrogen and oxygen atoms in total. The molecule has 2 aromatic rings. The average Bonchev–Trinajstić information content (AvgIpc) is 2.71. The minimum absolute atomic E-state index is 0.205. The van der Waals surface area contributed by atoms with Crippen molar-refractivity contribution in [1.82, 2.24) is 15.3 Å². The predicted octanol–water partition coefficient (Wildman–Crippen LogP) is 2.24. The van der Waals surface area contributed by atoms with Crippen LogP contribution in [0.5, 0.6) is 0 Å². The van der Waals surface area contributed by atoms with Crippen LogP contribution in [0.25, 0.3) is 11.4 Å². The molecule has 2 N–H and O–H groups in total. The van der Waals surface area contributed by atoms with E-state index >= 15 is 0 Å². The van der Waals surface area contributed by atoms with E-state index in [0.29, 0.717) is 11.4 Å². The Morgan fingerprint density at radius 3 is 2.94 bits per heavy atom. The Bertz CT molecular complexity index is 491. The van der Waals surface area contributed by atoms with Crippen molar-refractivity contribution in [2.75, 3.05) is 7.05 Å². The summed E-state index contributed by atoms with van der Waals surface area (Å²) in [6.45, 7) is 2.47. The van der Waals surface area contributed by atoms with E-state index in [0.717, 1.165) is 17.8 Å². The lowest BCUT2D eigenvalue weighted by Crippen LogP contribution is -2.04. The SMILES string of the molecule is CNCc1cnc(-c2ccc(C)c(F)c2)[nH]1. The number of aromatic amines is 1. The second-order valence-electron chi connectivity index (χ2n) is 3.75. The Hall–Kier alpha value is -1.68. The van der Waals surface area contributed by atoms with Crippen molar-refractivity contribution in [2.24, 2.45) is 0 Å². The van der Waals surface area contributed by atoms with Crippen LogP contribution in [0.2, 0.25) is 0 Å². The quantitative estimate of drug-likeness (QED) is 0.831. The maximum Gasteiger partial charge on any atom is 0.137 e. The van der Waals surface area contributed by atoms with Crippen LogP contribution in [-0.4, -0.2) is 17.0 Å². The molecular formula is C12H14FN3. The fourth-order valence-corrected chi connectivity index (χ4v) is 1.53. The zero-order valence-electron chi connectivity index (χ0n) is 9.34. The van der Waals surface area contributed by atoms with Gasteiger partial charge in [-0.1, -0.05) is 12.1 Å². The minimum atomic E-state index is -0.205. The Balaban J connectivity index is 2.31. The summed E-state index contributed by atoms with van der Waals surface area (Å²) < 4.78 is 13.4. The van der Waals surface area contributed by atoms with Gasteiger partial charge in [-0.25, -0.2) is 9.37 Å². The summed E-state index contributed by atoms with van der Waals surface area (Å²) in [5.74, 6) is 0.494. The number of benzene rings is 1. The van der Waals surface area contributed by atoms with Crippen LogP contribution in [0.15, 0.2) is 24.4 Å². The lowest BCUT2D eigenvalue weighted by molar-refractivity contribution is 0.619. The third-order valence-electron chi connectivity index (χ3n) is 2.44. The van der Waals surface area contributed by atoms with Gasteiger partial charge in [-0.2, -0.15) is 0 Å². The molecule has 0 aliphatic rings. The van der Waals surface area contributed by atoms with Gasteiger partial charge in [0.15, 0.2) is 0 Å². The number of aryl methyl sites for hydroxylation is 1. The van der Waals surface area contributed by atoms with E-state index in [-0.39, 0.29) is 5.82 Å². The molecule has 16 heavy (non-hydrogen) atoms. The van der Waals surface area contributed by atoms with Gasteiger partial charge >= 0.3 is 0 Å². The number of halogens is 1. The smallest absolute Gasteiger partial charge is 0.137 e. The number of hydrogen-bond acceptors (Lipinski definition) is 2. The molecule has 1 aromatic heterocycles. The maximum atomic E-state index is 13.4. The highest BCUT2D eigenvalue weighted by Gasteiger charge is 2.05. The number of hydrogen-bond donors (Lipinski definition) is 2. The van der Waals surface area contributed by atoms with Crippen molar-refractivity contribution >= 4 is 0 Å². The Kier molecular flexibility index (Phi) is 3.01. The summed E-state index contributed by atoms with van der Waals surface area (Å²) in [5.41, 5.74) is 2.40. The van der Waals surface area contributed by atoms with Gasteiger partial charge in [0.25, 0.3) is 0 Å². The van der Waals surface area contributed by atoms with Gasteiger partial charge < -0.3 is 10.3 Å². The van der Waals surface area contributed by atoms with Gasteiger partial charge in [-0.05, 0) is 25.6 Å². The van der Waals surface area contributed by atoms with Gasteiger partial charge in [-0.15, -0.1) is 0 Å². The highest BCUT2D eigenvalue weighted by atomic mass is 19.1. The van der Waals surface area contributed by atoms with Crippen molar-refractivity contribution in [3.63, 3.8) is 0 Å². The van der Waals surface area contributed by atoms with Crippen LogP contribution >= 0.6 is 0 Å². The van der Waals surface area contributed by atoms with Crippen molar-refractivity contribution < 1.29 is 4.39 Å². The van der Waals surface area contributed by atoms with Crippen LogP contribution < -0.4 is 5.32 Å². The molecule has 0 unspecified atom stereocenters. The zero-order valence-corrected chi connectivity index (χ0v) is 9.34. The third kappa shape index (κ3) is 2.12. The first-order valence-electron chi connectivity index (χ1n) is 5.15. The minimum Gasteiger partial charge on any atom is -0.341 e. The van der Waals surface area contributed by atoms with Gasteiger partial charge in [-0.3, -0.25) is 0 Å². The van der Waals surface area contributed by atoms with Gasteiger partial charge in [0, 0.05) is 24.0 Å². The number of nitrogens with one attached hydrogen (secondary N) is 2. The van der Waals surface area contributed by atoms with Gasteiger partial charge in [0.2, 0.25) is 0 Å². The normalized spacial score (nSPS) is 10.7. The van der Waals surface area contributed by atoms with Crippen LogP contribution in [0.1, 0.15) is 11.3 Å². The van der Waals surface area contributed by atoms with Gasteiger partial charge in [0.05, 0.1) is 0 Å². The summed E-state index contributed by atoms with van der Waals surface area (Å²) >= 11 is 0. The van der Waals surface area contributed by atoms with E-state index in [4.69, 9.17) is 0 Å². The molecule has 0 fully saturated rings. The highest BCUT2D eigenvalue weighted by molar-refractivity contribution is 5.55. The van der Waals surface area contributed by atoms with Crippen LogP contribution in [-0.2, 0) is 6.54 Å². The molecule has 2 rings (SSSR count). The first kappa shape index (κ1) is 10.8. The first-order valence-corrected chi connectivity index (χ1v) is 5.15. The van der Waals surface area contributed by atoms with Crippen LogP contribution in [0.3, 0.4) is 0 Å². The third-order valence-corrected chi connectivity index (χ3v) is 2.44. The molecule has 0 amide bonds. The van der Waals surface area contributed by atoms with E-state index in [9.17, 15) is 4.39 Å². The first-order chi connectivity index (χ1) is 7.70. The number of imidazole rings is 1. The monoisotopic (exact) mass is 219 g/mol. The fourth-order valence-electron chi connectivity index (χ4n) is 1.53. The fraction of sp³-hybridized carbons (Fsp3) is 0.250. The van der Waals surface area contributed by atoms with Crippen molar-refractivity contribution in [3.8, 4) is 11.4 Å². The Morgan fingerprint density at radius 2 is 2.25 bits per heavy atom. The molecule has 0 saturated carbocycles. The highest BCUT2D eigenvalue weighted by Crippen LogP contribution is 2.18. The molecule has 4 heteroatoms. The Labute approximate surface area is 93.7 Å². The number of aromatic nitrogens is 2. The molecular weight excluding hydrogens is 205 g/mol. The summed E-state index contributed by atoms with van der Waals surface area (Å²) in [4.78, 5) is 7.35. The number of rotatable bonds is 3. The predicted molar refractivity (Wildman–Crippen MR) is 61.5 cm³/mol. The molecule has 0 bridgehead atoms. The summed E-state index contributed by atoms with van der Waals surface area (Å²) in [5, 5.41) is 3.02. The molecule has 1 heterocycles. The van der Waals surface area contributed by atoms with Crippen molar-refractivity contribution in [3.05, 3.63) is 41.5 Å². The lowest BCUT2D eigenvalue weighted by atomic mass is 10.1. The lowest BCUT2D eigenvalue weighted by Gasteiger charge is -2.00. The summed E-state index contributed by atoms with van der Waals surface area (Å²) in [6.07, 6.45) is 1.75. The number of H-pyrrole nitrogens is 1. The van der Waals surface area contributed by atoms with E-state index in [1.54, 1.807) is 19.2 Å². The zero-order chi connectivity index (χ0) is 11.5. The Morgan fingerprint density at radius 1 is 1.44 bits per heavy atom. The van der Waals surface area contributed by atoms with Gasteiger partial charge in [0.1, 0.15) is 11.6 Å². The molecule has 0 saturated heterocycles. The van der Waals surface area contributed by atoms with Crippen LogP contribution in [0, 0.1) is 12.7 Å².